The van der Waals surface area contributed by atoms with Gasteiger partial charge >= 0.3 is 0 Å². The molecule has 170 valence electrons. The number of nitrogens with one attached hydrogen (secondary N) is 1. The third kappa shape index (κ3) is 5.89. The fourth-order valence-corrected chi connectivity index (χ4v) is 3.27. The van der Waals surface area contributed by atoms with E-state index in [4.69, 9.17) is 14.2 Å². The van der Waals surface area contributed by atoms with Crippen molar-refractivity contribution in [2.45, 2.75) is 0 Å². The first-order chi connectivity index (χ1) is 15.7. The van der Waals surface area contributed by atoms with Crippen LogP contribution < -0.4 is 15.1 Å². The molecule has 2 aliphatic rings. The molecule has 2 aliphatic heterocycles. The standard InChI is InChI=1S/C21H25FN6O4/c22-18-14-23-21(25-20(18)28-7-11-31-12-8-28)26-24-13-16-1-3-17(4-2-16)32-15-19(29)27-5-9-30-10-6-27/h1-4,13-14H,5-12,15H2,(H,23,25,26)/b24-13-. The van der Waals surface area contributed by atoms with Gasteiger partial charge < -0.3 is 24.0 Å². The minimum absolute atomic E-state index is 0.0115. The van der Waals surface area contributed by atoms with E-state index in [-0.39, 0.29) is 24.3 Å². The summed E-state index contributed by atoms with van der Waals surface area (Å²) in [6.07, 6.45) is 2.71. The summed E-state index contributed by atoms with van der Waals surface area (Å²) in [6.45, 7) is 4.51. The first kappa shape index (κ1) is 21.9. The third-order valence-electron chi connectivity index (χ3n) is 5.02. The van der Waals surface area contributed by atoms with Gasteiger partial charge in [-0.3, -0.25) is 4.79 Å². The van der Waals surface area contributed by atoms with E-state index in [1.54, 1.807) is 23.2 Å². The number of hydrazone groups is 1. The molecular weight excluding hydrogens is 419 g/mol. The van der Waals surface area contributed by atoms with Gasteiger partial charge in [0.2, 0.25) is 5.95 Å². The number of carbonyl (C=O) groups excluding carboxylic acids is 1. The Morgan fingerprint density at radius 2 is 1.81 bits per heavy atom. The molecule has 2 saturated heterocycles. The van der Waals surface area contributed by atoms with Crippen LogP contribution in [0.25, 0.3) is 0 Å². The van der Waals surface area contributed by atoms with Gasteiger partial charge in [0.15, 0.2) is 18.2 Å². The number of halogens is 1. The minimum atomic E-state index is -0.482. The first-order valence-electron chi connectivity index (χ1n) is 10.4. The molecule has 3 heterocycles. The summed E-state index contributed by atoms with van der Waals surface area (Å²) in [4.78, 5) is 23.8. The Balaban J connectivity index is 1.28. The second-order valence-electron chi connectivity index (χ2n) is 7.19. The number of hydrogen-bond acceptors (Lipinski definition) is 9. The Kier molecular flexibility index (Phi) is 7.41. The highest BCUT2D eigenvalue weighted by atomic mass is 19.1. The Bertz CT molecular complexity index is 930. The lowest BCUT2D eigenvalue weighted by Gasteiger charge is -2.27. The molecule has 32 heavy (non-hydrogen) atoms. The van der Waals surface area contributed by atoms with Crippen LogP contribution in [-0.4, -0.2) is 86.2 Å². The number of aromatic nitrogens is 2. The summed E-state index contributed by atoms with van der Waals surface area (Å²) in [7, 11) is 0. The zero-order chi connectivity index (χ0) is 22.2. The van der Waals surface area contributed by atoms with E-state index in [9.17, 15) is 9.18 Å². The van der Waals surface area contributed by atoms with E-state index in [0.29, 0.717) is 58.4 Å². The molecule has 1 aromatic carbocycles. The van der Waals surface area contributed by atoms with Crippen LogP contribution in [0.1, 0.15) is 5.56 Å². The molecule has 1 amide bonds. The summed E-state index contributed by atoms with van der Waals surface area (Å²) in [5, 5.41) is 4.11. The van der Waals surface area contributed by atoms with E-state index >= 15 is 0 Å². The third-order valence-corrected chi connectivity index (χ3v) is 5.02. The van der Waals surface area contributed by atoms with E-state index in [2.05, 4.69) is 20.5 Å². The number of hydrogen-bond donors (Lipinski definition) is 1. The van der Waals surface area contributed by atoms with Crippen LogP contribution in [0.15, 0.2) is 35.6 Å². The molecule has 4 rings (SSSR count). The molecule has 11 heteroatoms. The van der Waals surface area contributed by atoms with Crippen LogP contribution in [-0.2, 0) is 14.3 Å². The van der Waals surface area contributed by atoms with Crippen molar-refractivity contribution in [3.05, 3.63) is 41.8 Å². The fourth-order valence-electron chi connectivity index (χ4n) is 3.27. The molecule has 2 aromatic rings. The molecule has 1 aromatic heterocycles. The quantitative estimate of drug-likeness (QED) is 0.501. The lowest BCUT2D eigenvalue weighted by Crippen LogP contribution is -2.42. The average molecular weight is 444 g/mol. The van der Waals surface area contributed by atoms with Crippen LogP contribution in [0.2, 0.25) is 0 Å². The molecule has 0 bridgehead atoms. The summed E-state index contributed by atoms with van der Waals surface area (Å²) < 4.78 is 30.2. The first-order valence-corrected chi connectivity index (χ1v) is 10.4. The monoisotopic (exact) mass is 444 g/mol. The van der Waals surface area contributed by atoms with Crippen molar-refractivity contribution in [2.75, 3.05) is 69.5 Å². The summed E-state index contributed by atoms with van der Waals surface area (Å²) in [5.74, 6) is 0.483. The van der Waals surface area contributed by atoms with Crippen molar-refractivity contribution in [3.8, 4) is 5.75 Å². The van der Waals surface area contributed by atoms with Gasteiger partial charge in [-0.25, -0.2) is 14.8 Å². The number of amides is 1. The van der Waals surface area contributed by atoms with Crippen molar-refractivity contribution < 1.29 is 23.4 Å². The minimum Gasteiger partial charge on any atom is -0.484 e. The van der Waals surface area contributed by atoms with Crippen LogP contribution in [0.3, 0.4) is 0 Å². The van der Waals surface area contributed by atoms with Gasteiger partial charge in [0.1, 0.15) is 5.75 Å². The maximum absolute atomic E-state index is 14.1. The lowest BCUT2D eigenvalue weighted by atomic mass is 10.2. The predicted octanol–water partition coefficient (Wildman–Crippen LogP) is 1.14. The molecule has 2 fully saturated rings. The molecule has 0 radical (unpaired) electrons. The van der Waals surface area contributed by atoms with E-state index in [1.807, 2.05) is 17.0 Å². The maximum atomic E-state index is 14.1. The lowest BCUT2D eigenvalue weighted by molar-refractivity contribution is -0.137. The Labute approximate surface area is 185 Å². The second-order valence-corrected chi connectivity index (χ2v) is 7.19. The highest BCUT2D eigenvalue weighted by Crippen LogP contribution is 2.18. The van der Waals surface area contributed by atoms with E-state index < -0.39 is 5.82 Å². The van der Waals surface area contributed by atoms with Gasteiger partial charge in [0.05, 0.1) is 38.8 Å². The van der Waals surface area contributed by atoms with Crippen LogP contribution >= 0.6 is 0 Å². The van der Waals surface area contributed by atoms with E-state index in [0.717, 1.165) is 11.8 Å². The van der Waals surface area contributed by atoms with Gasteiger partial charge in [-0.05, 0) is 29.8 Å². The normalized spacial score (nSPS) is 16.9. The molecule has 0 spiro atoms. The van der Waals surface area contributed by atoms with Crippen LogP contribution in [0.5, 0.6) is 5.75 Å². The highest BCUT2D eigenvalue weighted by molar-refractivity contribution is 5.80. The summed E-state index contributed by atoms with van der Waals surface area (Å²) in [6, 6.07) is 7.15. The summed E-state index contributed by atoms with van der Waals surface area (Å²) >= 11 is 0. The van der Waals surface area contributed by atoms with Crippen molar-refractivity contribution in [3.63, 3.8) is 0 Å². The average Bonchev–Trinajstić information content (AvgIpc) is 2.85. The smallest absolute Gasteiger partial charge is 0.260 e. The van der Waals surface area contributed by atoms with Crippen molar-refractivity contribution >= 4 is 23.9 Å². The number of benzene rings is 1. The summed E-state index contributed by atoms with van der Waals surface area (Å²) in [5.41, 5.74) is 3.53. The van der Waals surface area contributed by atoms with Gasteiger partial charge in [-0.15, -0.1) is 0 Å². The predicted molar refractivity (Wildman–Crippen MR) is 116 cm³/mol. The second kappa shape index (κ2) is 10.8. The molecule has 10 nitrogen and oxygen atoms in total. The zero-order valence-corrected chi connectivity index (χ0v) is 17.6. The Morgan fingerprint density at radius 3 is 2.53 bits per heavy atom. The molecule has 0 atom stereocenters. The van der Waals surface area contributed by atoms with Gasteiger partial charge in [-0.1, -0.05) is 0 Å². The van der Waals surface area contributed by atoms with Crippen LogP contribution in [0, 0.1) is 5.82 Å². The van der Waals surface area contributed by atoms with Crippen molar-refractivity contribution in [1.29, 1.82) is 0 Å². The number of nitrogens with zero attached hydrogens (tertiary/aromatic N) is 5. The molecule has 0 aliphatic carbocycles. The largest absolute Gasteiger partial charge is 0.484 e. The zero-order valence-electron chi connectivity index (χ0n) is 17.6. The maximum Gasteiger partial charge on any atom is 0.260 e. The van der Waals surface area contributed by atoms with Gasteiger partial charge in [0, 0.05) is 26.2 Å². The number of ether oxygens (including phenoxy) is 3. The highest BCUT2D eigenvalue weighted by Gasteiger charge is 2.18. The van der Waals surface area contributed by atoms with E-state index in [1.165, 1.54) is 0 Å². The number of anilines is 2. The van der Waals surface area contributed by atoms with Crippen LogP contribution in [0.4, 0.5) is 16.2 Å². The molecular formula is C21H25FN6O4. The van der Waals surface area contributed by atoms with Gasteiger partial charge in [-0.2, -0.15) is 10.1 Å². The number of carbonyl (C=O) groups is 1. The number of rotatable bonds is 7. The van der Waals surface area contributed by atoms with Crippen molar-refractivity contribution in [1.82, 2.24) is 14.9 Å². The molecule has 0 saturated carbocycles. The van der Waals surface area contributed by atoms with Crippen molar-refractivity contribution in [2.24, 2.45) is 5.10 Å². The topological polar surface area (TPSA) is 101 Å². The SMILES string of the molecule is O=C(COc1ccc(/C=N\Nc2ncc(F)c(N3CCOCC3)n2)cc1)N1CCOCC1. The van der Waals surface area contributed by atoms with Gasteiger partial charge in [0.25, 0.3) is 5.91 Å². The Morgan fingerprint density at radius 1 is 1.12 bits per heavy atom. The fraction of sp³-hybridized carbons (Fsp3) is 0.429. The Hall–Kier alpha value is -3.31. The number of morpholine rings is 2. The molecule has 1 N–H and O–H groups in total. The molecule has 0 unspecified atom stereocenters.